The second kappa shape index (κ2) is 6.86. The molecule has 2 N–H and O–H groups in total. The standard InChI is InChI=1S/C18H13N3OS.ClH/c22-14-3-1-2-13(11-14)21-16-6-7-19-17-10-12(4-5-15(16)17)18-20-8-9-23-18;/h1-11,22H,(H,19,21);1H. The lowest BCUT2D eigenvalue weighted by atomic mass is 10.1. The molecule has 0 saturated carbocycles. The number of aromatic hydroxyl groups is 1. The number of rotatable bonds is 3. The SMILES string of the molecule is Cl.Oc1cccc(Nc2ccnc3cc(-c4nccs4)ccc23)c1. The highest BCUT2D eigenvalue weighted by molar-refractivity contribution is 7.13. The normalized spacial score (nSPS) is 10.3. The number of fused-ring (bicyclic) bond motifs is 1. The predicted molar refractivity (Wildman–Crippen MR) is 101 cm³/mol. The maximum absolute atomic E-state index is 9.59. The van der Waals surface area contributed by atoms with Crippen LogP contribution in [0.2, 0.25) is 0 Å². The first-order valence-corrected chi connectivity index (χ1v) is 8.02. The van der Waals surface area contributed by atoms with Crippen molar-refractivity contribution in [3.05, 3.63) is 66.3 Å². The minimum atomic E-state index is 0. The van der Waals surface area contributed by atoms with E-state index in [2.05, 4.69) is 21.4 Å². The molecule has 0 bridgehead atoms. The van der Waals surface area contributed by atoms with Crippen LogP contribution in [0.5, 0.6) is 5.75 Å². The second-order valence-electron chi connectivity index (χ2n) is 5.10. The van der Waals surface area contributed by atoms with Crippen LogP contribution < -0.4 is 5.32 Å². The van der Waals surface area contributed by atoms with E-state index in [1.165, 1.54) is 0 Å². The van der Waals surface area contributed by atoms with Crippen molar-refractivity contribution in [2.45, 2.75) is 0 Å². The molecule has 6 heteroatoms. The zero-order valence-electron chi connectivity index (χ0n) is 12.5. The van der Waals surface area contributed by atoms with Crippen LogP contribution in [0.25, 0.3) is 21.5 Å². The molecule has 0 spiro atoms. The first-order valence-electron chi connectivity index (χ1n) is 7.14. The van der Waals surface area contributed by atoms with E-state index >= 15 is 0 Å². The lowest BCUT2D eigenvalue weighted by molar-refractivity contribution is 0.475. The number of aromatic nitrogens is 2. The van der Waals surface area contributed by atoms with Gasteiger partial charge >= 0.3 is 0 Å². The van der Waals surface area contributed by atoms with Gasteiger partial charge in [-0.3, -0.25) is 4.98 Å². The van der Waals surface area contributed by atoms with Crippen LogP contribution in [-0.2, 0) is 0 Å². The highest BCUT2D eigenvalue weighted by Gasteiger charge is 2.06. The van der Waals surface area contributed by atoms with Crippen molar-refractivity contribution < 1.29 is 5.11 Å². The van der Waals surface area contributed by atoms with Gasteiger partial charge in [0.25, 0.3) is 0 Å². The van der Waals surface area contributed by atoms with Crippen molar-refractivity contribution >= 4 is 46.0 Å². The Hall–Kier alpha value is -2.63. The van der Waals surface area contributed by atoms with Crippen molar-refractivity contribution in [2.75, 3.05) is 5.32 Å². The molecule has 24 heavy (non-hydrogen) atoms. The molecule has 0 aliphatic heterocycles. The predicted octanol–water partition coefficient (Wildman–Crippen LogP) is 5.23. The van der Waals surface area contributed by atoms with Crippen LogP contribution in [-0.4, -0.2) is 15.1 Å². The van der Waals surface area contributed by atoms with Crippen molar-refractivity contribution in [1.82, 2.24) is 9.97 Å². The third kappa shape index (κ3) is 3.18. The number of phenols is 1. The van der Waals surface area contributed by atoms with E-state index in [0.29, 0.717) is 0 Å². The molecule has 0 aliphatic carbocycles. The lowest BCUT2D eigenvalue weighted by Crippen LogP contribution is -1.92. The molecule has 2 aromatic heterocycles. The molecule has 0 atom stereocenters. The molecular formula is C18H14ClN3OS. The molecule has 0 amide bonds. The highest BCUT2D eigenvalue weighted by atomic mass is 35.5. The average molecular weight is 356 g/mol. The molecule has 4 aromatic rings. The van der Waals surface area contributed by atoms with Gasteiger partial charge < -0.3 is 10.4 Å². The Kier molecular flexibility index (Phi) is 4.64. The molecule has 4 rings (SSSR count). The van der Waals surface area contributed by atoms with Crippen molar-refractivity contribution in [3.63, 3.8) is 0 Å². The number of hydrogen-bond donors (Lipinski definition) is 2. The number of anilines is 2. The fourth-order valence-electron chi connectivity index (χ4n) is 2.50. The van der Waals surface area contributed by atoms with E-state index in [1.54, 1.807) is 35.9 Å². The van der Waals surface area contributed by atoms with Gasteiger partial charge in [-0.15, -0.1) is 23.7 Å². The van der Waals surface area contributed by atoms with E-state index in [9.17, 15) is 5.11 Å². The van der Waals surface area contributed by atoms with Crippen LogP contribution in [0.4, 0.5) is 11.4 Å². The third-order valence-electron chi connectivity index (χ3n) is 3.55. The van der Waals surface area contributed by atoms with E-state index in [0.717, 1.165) is 32.8 Å². The average Bonchev–Trinajstić information content (AvgIpc) is 3.09. The maximum atomic E-state index is 9.59. The number of benzene rings is 2. The zero-order valence-corrected chi connectivity index (χ0v) is 14.1. The first-order chi connectivity index (χ1) is 11.3. The summed E-state index contributed by atoms with van der Waals surface area (Å²) < 4.78 is 0. The van der Waals surface area contributed by atoms with Gasteiger partial charge in [0, 0.05) is 46.2 Å². The fraction of sp³-hybridized carbons (Fsp3) is 0. The Balaban J connectivity index is 0.00000169. The van der Waals surface area contributed by atoms with Crippen LogP contribution in [0, 0.1) is 0 Å². The summed E-state index contributed by atoms with van der Waals surface area (Å²) in [5.74, 6) is 0.236. The summed E-state index contributed by atoms with van der Waals surface area (Å²) in [7, 11) is 0. The summed E-state index contributed by atoms with van der Waals surface area (Å²) in [5.41, 5.74) is 3.75. The van der Waals surface area contributed by atoms with Gasteiger partial charge in [0.2, 0.25) is 0 Å². The Morgan fingerprint density at radius 3 is 2.67 bits per heavy atom. The van der Waals surface area contributed by atoms with Gasteiger partial charge in [-0.05, 0) is 24.3 Å². The Bertz CT molecular complexity index is 973. The zero-order chi connectivity index (χ0) is 15.6. The monoisotopic (exact) mass is 355 g/mol. The van der Waals surface area contributed by atoms with E-state index in [1.807, 2.05) is 35.7 Å². The summed E-state index contributed by atoms with van der Waals surface area (Å²) >= 11 is 1.61. The Morgan fingerprint density at radius 1 is 0.958 bits per heavy atom. The summed E-state index contributed by atoms with van der Waals surface area (Å²) in [6.07, 6.45) is 3.58. The van der Waals surface area contributed by atoms with Crippen molar-refractivity contribution in [2.24, 2.45) is 0 Å². The van der Waals surface area contributed by atoms with Gasteiger partial charge in [-0.1, -0.05) is 18.2 Å². The van der Waals surface area contributed by atoms with Gasteiger partial charge in [-0.2, -0.15) is 0 Å². The van der Waals surface area contributed by atoms with Crippen LogP contribution in [0.3, 0.4) is 0 Å². The number of nitrogens with zero attached hydrogens (tertiary/aromatic N) is 2. The molecule has 2 aromatic carbocycles. The number of halogens is 1. The van der Waals surface area contributed by atoms with E-state index in [4.69, 9.17) is 0 Å². The second-order valence-corrected chi connectivity index (χ2v) is 6.00. The number of hydrogen-bond acceptors (Lipinski definition) is 5. The topological polar surface area (TPSA) is 58.0 Å². The summed E-state index contributed by atoms with van der Waals surface area (Å²) in [5, 5.41) is 16.9. The first kappa shape index (κ1) is 16.2. The lowest BCUT2D eigenvalue weighted by Gasteiger charge is -2.10. The van der Waals surface area contributed by atoms with Gasteiger partial charge in [0.1, 0.15) is 10.8 Å². The van der Waals surface area contributed by atoms with Crippen LogP contribution in [0.1, 0.15) is 0 Å². The fourth-order valence-corrected chi connectivity index (χ4v) is 3.13. The van der Waals surface area contributed by atoms with Gasteiger partial charge in [0.05, 0.1) is 5.52 Å². The maximum Gasteiger partial charge on any atom is 0.123 e. The van der Waals surface area contributed by atoms with Gasteiger partial charge in [0.15, 0.2) is 0 Å². The highest BCUT2D eigenvalue weighted by Crippen LogP contribution is 2.30. The van der Waals surface area contributed by atoms with Gasteiger partial charge in [-0.25, -0.2) is 4.98 Å². The summed E-state index contributed by atoms with van der Waals surface area (Å²) in [4.78, 5) is 8.80. The van der Waals surface area contributed by atoms with E-state index in [-0.39, 0.29) is 18.2 Å². The number of pyridine rings is 1. The molecule has 0 aliphatic rings. The molecule has 4 nitrogen and oxygen atoms in total. The van der Waals surface area contributed by atoms with Crippen molar-refractivity contribution in [1.29, 1.82) is 0 Å². The molecule has 2 heterocycles. The van der Waals surface area contributed by atoms with Crippen LogP contribution >= 0.6 is 23.7 Å². The molecule has 120 valence electrons. The molecule has 0 fully saturated rings. The molecule has 0 radical (unpaired) electrons. The summed E-state index contributed by atoms with van der Waals surface area (Å²) in [6.45, 7) is 0. The third-order valence-corrected chi connectivity index (χ3v) is 4.37. The number of thiazole rings is 1. The largest absolute Gasteiger partial charge is 0.508 e. The van der Waals surface area contributed by atoms with E-state index < -0.39 is 0 Å². The Morgan fingerprint density at radius 2 is 1.88 bits per heavy atom. The quantitative estimate of drug-likeness (QED) is 0.528. The smallest absolute Gasteiger partial charge is 0.123 e. The number of nitrogens with one attached hydrogen (secondary N) is 1. The number of phenolic OH excluding ortho intramolecular Hbond substituents is 1. The molecule has 0 unspecified atom stereocenters. The minimum Gasteiger partial charge on any atom is -0.508 e. The molecule has 0 saturated heterocycles. The van der Waals surface area contributed by atoms with Crippen molar-refractivity contribution in [3.8, 4) is 16.3 Å². The van der Waals surface area contributed by atoms with Crippen LogP contribution in [0.15, 0.2) is 66.3 Å². The summed E-state index contributed by atoms with van der Waals surface area (Å²) in [6, 6.07) is 15.1. The minimum absolute atomic E-state index is 0. The molecular weight excluding hydrogens is 342 g/mol. The Labute approximate surface area is 149 Å².